The van der Waals surface area contributed by atoms with E-state index in [9.17, 15) is 0 Å². The van der Waals surface area contributed by atoms with Crippen molar-refractivity contribution in [2.75, 3.05) is 6.54 Å². The molecule has 0 saturated heterocycles. The van der Waals surface area contributed by atoms with Crippen molar-refractivity contribution >= 4 is 0 Å². The molecule has 0 aromatic carbocycles. The van der Waals surface area contributed by atoms with Crippen LogP contribution in [0.4, 0.5) is 0 Å². The molecule has 0 unspecified atom stereocenters. The highest BCUT2D eigenvalue weighted by atomic mass is 15.4. The van der Waals surface area contributed by atoms with Gasteiger partial charge < -0.3 is 11.1 Å². The van der Waals surface area contributed by atoms with E-state index < -0.39 is 0 Å². The van der Waals surface area contributed by atoms with Crippen molar-refractivity contribution in [1.82, 2.24) is 20.3 Å². The first kappa shape index (κ1) is 10.6. The topological polar surface area (TPSA) is 68.8 Å². The molecule has 1 aromatic heterocycles. The molecule has 1 saturated carbocycles. The molecule has 0 bridgehead atoms. The lowest BCUT2D eigenvalue weighted by atomic mass is 9.92. The van der Waals surface area contributed by atoms with E-state index in [1.807, 2.05) is 10.9 Å². The summed E-state index contributed by atoms with van der Waals surface area (Å²) < 4.78 is 1.85. The average molecular weight is 209 g/mol. The third-order valence-corrected chi connectivity index (χ3v) is 3.02. The Bertz CT molecular complexity index is 263. The van der Waals surface area contributed by atoms with Crippen LogP contribution >= 0.6 is 0 Å². The lowest BCUT2D eigenvalue weighted by Gasteiger charge is -2.26. The van der Waals surface area contributed by atoms with Crippen molar-refractivity contribution in [1.29, 1.82) is 0 Å². The molecule has 0 atom stereocenters. The van der Waals surface area contributed by atoms with Crippen LogP contribution in [0.2, 0.25) is 0 Å². The largest absolute Gasteiger partial charge is 0.328 e. The van der Waals surface area contributed by atoms with E-state index in [1.165, 1.54) is 12.8 Å². The van der Waals surface area contributed by atoms with Crippen LogP contribution in [-0.4, -0.2) is 33.6 Å². The first-order valence-corrected chi connectivity index (χ1v) is 5.67. The standard InChI is InChI=1S/C10H19N5/c11-9-1-3-10(4-2-9)12-5-7-15-8-6-13-14-15/h6,8-10,12H,1-5,7,11H2. The minimum Gasteiger partial charge on any atom is -0.328 e. The van der Waals surface area contributed by atoms with Gasteiger partial charge in [-0.1, -0.05) is 5.21 Å². The summed E-state index contributed by atoms with van der Waals surface area (Å²) in [7, 11) is 0. The fourth-order valence-corrected chi connectivity index (χ4v) is 2.06. The van der Waals surface area contributed by atoms with E-state index in [2.05, 4.69) is 15.6 Å². The smallest absolute Gasteiger partial charge is 0.0692 e. The maximum absolute atomic E-state index is 5.85. The zero-order valence-electron chi connectivity index (χ0n) is 8.97. The van der Waals surface area contributed by atoms with Crippen molar-refractivity contribution in [3.05, 3.63) is 12.4 Å². The molecule has 0 radical (unpaired) electrons. The Morgan fingerprint density at radius 2 is 2.13 bits per heavy atom. The van der Waals surface area contributed by atoms with Gasteiger partial charge in [-0.15, -0.1) is 5.10 Å². The van der Waals surface area contributed by atoms with E-state index in [4.69, 9.17) is 5.73 Å². The van der Waals surface area contributed by atoms with Crippen LogP contribution in [0.5, 0.6) is 0 Å². The molecule has 3 N–H and O–H groups in total. The van der Waals surface area contributed by atoms with Gasteiger partial charge in [0.15, 0.2) is 0 Å². The second-order valence-electron chi connectivity index (χ2n) is 4.23. The molecular formula is C10H19N5. The summed E-state index contributed by atoms with van der Waals surface area (Å²) in [6.07, 6.45) is 8.32. The van der Waals surface area contributed by atoms with Crippen LogP contribution in [0.1, 0.15) is 25.7 Å². The summed E-state index contributed by atoms with van der Waals surface area (Å²) in [6.45, 7) is 1.85. The molecule has 5 nitrogen and oxygen atoms in total. The summed E-state index contributed by atoms with van der Waals surface area (Å²) in [5, 5.41) is 11.2. The summed E-state index contributed by atoms with van der Waals surface area (Å²) in [5.74, 6) is 0. The second kappa shape index (κ2) is 5.23. The van der Waals surface area contributed by atoms with Gasteiger partial charge in [-0.05, 0) is 25.7 Å². The highest BCUT2D eigenvalue weighted by molar-refractivity contribution is 4.78. The van der Waals surface area contributed by atoms with Gasteiger partial charge in [0, 0.05) is 24.8 Å². The van der Waals surface area contributed by atoms with Gasteiger partial charge in [0.25, 0.3) is 0 Å². The molecule has 1 aliphatic rings. The Kier molecular flexibility index (Phi) is 3.69. The first-order valence-electron chi connectivity index (χ1n) is 5.67. The molecule has 1 fully saturated rings. The SMILES string of the molecule is NC1CCC(NCCn2ccnn2)CC1. The lowest BCUT2D eigenvalue weighted by Crippen LogP contribution is -2.38. The monoisotopic (exact) mass is 209 g/mol. The summed E-state index contributed by atoms with van der Waals surface area (Å²) in [5.41, 5.74) is 5.85. The fourth-order valence-electron chi connectivity index (χ4n) is 2.06. The molecule has 1 aromatic rings. The Balaban J connectivity index is 1.62. The van der Waals surface area contributed by atoms with Crippen LogP contribution in [0, 0.1) is 0 Å². The van der Waals surface area contributed by atoms with E-state index in [0.717, 1.165) is 25.9 Å². The Labute approximate surface area is 90.0 Å². The van der Waals surface area contributed by atoms with Crippen molar-refractivity contribution in [2.45, 2.75) is 44.3 Å². The third-order valence-electron chi connectivity index (χ3n) is 3.02. The number of rotatable bonds is 4. The van der Waals surface area contributed by atoms with Crippen LogP contribution < -0.4 is 11.1 Å². The van der Waals surface area contributed by atoms with Gasteiger partial charge in [0.2, 0.25) is 0 Å². The van der Waals surface area contributed by atoms with E-state index in [1.54, 1.807) is 6.20 Å². The molecule has 1 aliphatic carbocycles. The summed E-state index contributed by atoms with van der Waals surface area (Å²) in [4.78, 5) is 0. The van der Waals surface area contributed by atoms with E-state index in [-0.39, 0.29) is 0 Å². The Morgan fingerprint density at radius 1 is 1.33 bits per heavy atom. The van der Waals surface area contributed by atoms with Crippen molar-refractivity contribution in [3.8, 4) is 0 Å². The van der Waals surface area contributed by atoms with Gasteiger partial charge in [0.1, 0.15) is 0 Å². The van der Waals surface area contributed by atoms with Crippen LogP contribution in [0.3, 0.4) is 0 Å². The van der Waals surface area contributed by atoms with Crippen molar-refractivity contribution in [2.24, 2.45) is 5.73 Å². The summed E-state index contributed by atoms with van der Waals surface area (Å²) >= 11 is 0. The number of aromatic nitrogens is 3. The maximum atomic E-state index is 5.85. The number of nitrogens with two attached hydrogens (primary N) is 1. The predicted molar refractivity (Wildman–Crippen MR) is 58.3 cm³/mol. The van der Waals surface area contributed by atoms with Gasteiger partial charge >= 0.3 is 0 Å². The Morgan fingerprint density at radius 3 is 2.80 bits per heavy atom. The highest BCUT2D eigenvalue weighted by Crippen LogP contribution is 2.16. The maximum Gasteiger partial charge on any atom is 0.0692 e. The second-order valence-corrected chi connectivity index (χ2v) is 4.23. The van der Waals surface area contributed by atoms with Gasteiger partial charge in [-0.3, -0.25) is 4.68 Å². The van der Waals surface area contributed by atoms with Gasteiger partial charge in [0.05, 0.1) is 12.7 Å². The number of nitrogens with zero attached hydrogens (tertiary/aromatic N) is 3. The van der Waals surface area contributed by atoms with Gasteiger partial charge in [-0.2, -0.15) is 0 Å². The van der Waals surface area contributed by atoms with Crippen molar-refractivity contribution < 1.29 is 0 Å². The molecule has 0 aliphatic heterocycles. The van der Waals surface area contributed by atoms with Crippen LogP contribution in [0.15, 0.2) is 12.4 Å². The zero-order chi connectivity index (χ0) is 10.5. The quantitative estimate of drug-likeness (QED) is 0.740. The van der Waals surface area contributed by atoms with Gasteiger partial charge in [-0.25, -0.2) is 0 Å². The van der Waals surface area contributed by atoms with E-state index >= 15 is 0 Å². The molecule has 15 heavy (non-hydrogen) atoms. The fraction of sp³-hybridized carbons (Fsp3) is 0.800. The summed E-state index contributed by atoms with van der Waals surface area (Å²) in [6, 6.07) is 1.08. The molecule has 1 heterocycles. The molecule has 84 valence electrons. The number of hydrogen-bond acceptors (Lipinski definition) is 4. The predicted octanol–water partition coefficient (Wildman–Crippen LogP) is 0.138. The Hall–Kier alpha value is -0.940. The van der Waals surface area contributed by atoms with E-state index in [0.29, 0.717) is 12.1 Å². The lowest BCUT2D eigenvalue weighted by molar-refractivity contribution is 0.336. The molecular weight excluding hydrogens is 190 g/mol. The minimum absolute atomic E-state index is 0.429. The van der Waals surface area contributed by atoms with Crippen LogP contribution in [0.25, 0.3) is 0 Å². The number of hydrogen-bond donors (Lipinski definition) is 2. The molecule has 0 amide bonds. The first-order chi connectivity index (χ1) is 7.34. The normalized spacial score (nSPS) is 26.7. The molecule has 5 heteroatoms. The average Bonchev–Trinajstić information content (AvgIpc) is 2.74. The molecule has 0 spiro atoms. The minimum atomic E-state index is 0.429. The van der Waals surface area contributed by atoms with Crippen LogP contribution in [-0.2, 0) is 6.54 Å². The van der Waals surface area contributed by atoms with Crippen molar-refractivity contribution in [3.63, 3.8) is 0 Å². The third kappa shape index (κ3) is 3.28. The highest BCUT2D eigenvalue weighted by Gasteiger charge is 2.17. The molecule has 2 rings (SSSR count). The number of nitrogens with one attached hydrogen (secondary N) is 1. The zero-order valence-corrected chi connectivity index (χ0v) is 8.97.